The molecule has 0 aliphatic carbocycles. The Hall–Kier alpha value is -2.59. The fraction of sp³-hybridized carbons (Fsp3) is 0.286. The lowest BCUT2D eigenvalue weighted by molar-refractivity contribution is 0.104. The second kappa shape index (κ2) is 7.99. The zero-order valence-electron chi connectivity index (χ0n) is 14.8. The van der Waals surface area contributed by atoms with Gasteiger partial charge in [0.05, 0.1) is 7.11 Å². The summed E-state index contributed by atoms with van der Waals surface area (Å²) in [7, 11) is 3.79. The Balaban J connectivity index is 1.63. The van der Waals surface area contributed by atoms with E-state index in [1.807, 2.05) is 54.6 Å². The summed E-state index contributed by atoms with van der Waals surface area (Å²) in [5.41, 5.74) is 2.87. The Bertz CT molecular complexity index is 727. The van der Waals surface area contributed by atoms with Crippen LogP contribution in [0, 0.1) is 0 Å². The maximum Gasteiger partial charge on any atom is 0.185 e. The third kappa shape index (κ3) is 4.48. The zero-order valence-corrected chi connectivity index (χ0v) is 14.8. The zero-order chi connectivity index (χ0) is 17.6. The van der Waals surface area contributed by atoms with Crippen LogP contribution in [0.3, 0.4) is 0 Å². The molecule has 25 heavy (non-hydrogen) atoms. The van der Waals surface area contributed by atoms with Crippen LogP contribution in [-0.4, -0.2) is 51.0 Å². The van der Waals surface area contributed by atoms with Gasteiger partial charge in [-0.25, -0.2) is 0 Å². The Morgan fingerprint density at radius 2 is 1.60 bits per heavy atom. The van der Waals surface area contributed by atoms with Crippen LogP contribution in [0.1, 0.15) is 15.9 Å². The van der Waals surface area contributed by atoms with Gasteiger partial charge < -0.3 is 14.5 Å². The number of rotatable bonds is 5. The molecule has 4 heteroatoms. The summed E-state index contributed by atoms with van der Waals surface area (Å²) in [4.78, 5) is 17.0. The first-order valence-electron chi connectivity index (χ1n) is 8.56. The molecule has 1 aliphatic heterocycles. The molecule has 130 valence electrons. The van der Waals surface area contributed by atoms with E-state index < -0.39 is 0 Å². The molecule has 1 saturated heterocycles. The molecule has 0 amide bonds. The van der Waals surface area contributed by atoms with Gasteiger partial charge in [0.25, 0.3) is 0 Å². The summed E-state index contributed by atoms with van der Waals surface area (Å²) >= 11 is 0. The SMILES string of the molecule is COc1ccc(C=CC(=O)c2ccc(N3CCN(C)CC3)cc2)cc1. The summed E-state index contributed by atoms with van der Waals surface area (Å²) < 4.78 is 5.13. The van der Waals surface area contributed by atoms with E-state index in [9.17, 15) is 4.79 Å². The second-order valence-electron chi connectivity index (χ2n) is 6.31. The maximum absolute atomic E-state index is 12.3. The molecule has 0 unspecified atom stereocenters. The molecule has 0 bridgehead atoms. The fourth-order valence-electron chi connectivity index (χ4n) is 2.88. The van der Waals surface area contributed by atoms with Crippen LogP contribution in [0.5, 0.6) is 5.75 Å². The second-order valence-corrected chi connectivity index (χ2v) is 6.31. The highest BCUT2D eigenvalue weighted by atomic mass is 16.5. The molecule has 2 aromatic carbocycles. The van der Waals surface area contributed by atoms with Crippen molar-refractivity contribution in [2.24, 2.45) is 0 Å². The number of hydrogen-bond donors (Lipinski definition) is 0. The van der Waals surface area contributed by atoms with E-state index in [0.717, 1.165) is 37.5 Å². The first-order valence-corrected chi connectivity index (χ1v) is 8.56. The van der Waals surface area contributed by atoms with Crippen LogP contribution in [0.2, 0.25) is 0 Å². The Kier molecular flexibility index (Phi) is 5.51. The minimum Gasteiger partial charge on any atom is -0.497 e. The summed E-state index contributed by atoms with van der Waals surface area (Å²) in [6, 6.07) is 15.5. The first kappa shape index (κ1) is 17.2. The number of allylic oxidation sites excluding steroid dienone is 1. The van der Waals surface area contributed by atoms with Crippen LogP contribution in [0.15, 0.2) is 54.6 Å². The minimum absolute atomic E-state index is 0.0146. The fourth-order valence-corrected chi connectivity index (χ4v) is 2.88. The quantitative estimate of drug-likeness (QED) is 0.619. The van der Waals surface area contributed by atoms with Crippen molar-refractivity contribution in [2.45, 2.75) is 0 Å². The Morgan fingerprint density at radius 1 is 0.960 bits per heavy atom. The standard InChI is InChI=1S/C21H24N2O2/c1-22-13-15-23(16-14-22)19-8-6-18(7-9-19)21(24)12-5-17-3-10-20(25-2)11-4-17/h3-12H,13-16H2,1-2H3. The molecule has 0 saturated carbocycles. The highest BCUT2D eigenvalue weighted by Gasteiger charge is 2.14. The average molecular weight is 336 g/mol. The van der Waals surface area contributed by atoms with Crippen molar-refractivity contribution in [3.8, 4) is 5.75 Å². The molecular weight excluding hydrogens is 312 g/mol. The van der Waals surface area contributed by atoms with Gasteiger partial charge in [-0.3, -0.25) is 4.79 Å². The minimum atomic E-state index is 0.0146. The average Bonchev–Trinajstić information content (AvgIpc) is 2.67. The number of benzene rings is 2. The molecule has 1 aliphatic rings. The van der Waals surface area contributed by atoms with Crippen LogP contribution in [0.4, 0.5) is 5.69 Å². The normalized spacial score (nSPS) is 15.5. The van der Waals surface area contributed by atoms with E-state index in [1.54, 1.807) is 13.2 Å². The van der Waals surface area contributed by atoms with E-state index in [-0.39, 0.29) is 5.78 Å². The molecule has 3 rings (SSSR count). The molecule has 0 radical (unpaired) electrons. The number of nitrogens with zero attached hydrogens (tertiary/aromatic N) is 2. The number of likely N-dealkylation sites (N-methyl/N-ethyl adjacent to an activating group) is 1. The summed E-state index contributed by atoms with van der Waals surface area (Å²) in [6.07, 6.45) is 3.45. The molecular formula is C21H24N2O2. The van der Waals surface area contributed by atoms with Crippen molar-refractivity contribution in [3.05, 3.63) is 65.7 Å². The van der Waals surface area contributed by atoms with Gasteiger partial charge >= 0.3 is 0 Å². The molecule has 0 aromatic heterocycles. The number of ether oxygens (including phenoxy) is 1. The van der Waals surface area contributed by atoms with Gasteiger partial charge in [0.2, 0.25) is 0 Å². The number of carbonyl (C=O) groups is 1. The number of hydrogen-bond acceptors (Lipinski definition) is 4. The monoisotopic (exact) mass is 336 g/mol. The van der Waals surface area contributed by atoms with E-state index in [0.29, 0.717) is 5.56 Å². The predicted molar refractivity (Wildman–Crippen MR) is 103 cm³/mol. The van der Waals surface area contributed by atoms with E-state index >= 15 is 0 Å². The predicted octanol–water partition coefficient (Wildman–Crippen LogP) is 3.34. The largest absolute Gasteiger partial charge is 0.497 e. The van der Waals surface area contributed by atoms with Crippen molar-refractivity contribution < 1.29 is 9.53 Å². The summed E-state index contributed by atoms with van der Waals surface area (Å²) in [5, 5.41) is 0. The highest BCUT2D eigenvalue weighted by molar-refractivity contribution is 6.07. The number of methoxy groups -OCH3 is 1. The van der Waals surface area contributed by atoms with Gasteiger partial charge in [-0.05, 0) is 55.1 Å². The summed E-state index contributed by atoms with van der Waals surface area (Å²) in [5.74, 6) is 0.823. The highest BCUT2D eigenvalue weighted by Crippen LogP contribution is 2.18. The van der Waals surface area contributed by atoms with Crippen molar-refractivity contribution in [1.29, 1.82) is 0 Å². The van der Waals surface area contributed by atoms with Crippen LogP contribution in [0.25, 0.3) is 6.08 Å². The van der Waals surface area contributed by atoms with Gasteiger partial charge in [0, 0.05) is 37.4 Å². The van der Waals surface area contributed by atoms with Crippen molar-refractivity contribution in [3.63, 3.8) is 0 Å². The third-order valence-corrected chi connectivity index (χ3v) is 4.56. The van der Waals surface area contributed by atoms with Crippen LogP contribution < -0.4 is 9.64 Å². The number of carbonyl (C=O) groups excluding carboxylic acids is 1. The Labute approximate surface area is 149 Å². The number of ketones is 1. The lowest BCUT2D eigenvalue weighted by Crippen LogP contribution is -2.44. The molecule has 0 N–H and O–H groups in total. The van der Waals surface area contributed by atoms with E-state index in [1.165, 1.54) is 5.69 Å². The van der Waals surface area contributed by atoms with Gasteiger partial charge in [0.1, 0.15) is 5.75 Å². The van der Waals surface area contributed by atoms with Gasteiger partial charge in [0.15, 0.2) is 5.78 Å². The number of anilines is 1. The molecule has 1 heterocycles. The van der Waals surface area contributed by atoms with Crippen molar-refractivity contribution in [2.75, 3.05) is 45.2 Å². The summed E-state index contributed by atoms with van der Waals surface area (Å²) in [6.45, 7) is 4.21. The topological polar surface area (TPSA) is 32.8 Å². The van der Waals surface area contributed by atoms with Crippen LogP contribution >= 0.6 is 0 Å². The van der Waals surface area contributed by atoms with E-state index in [2.05, 4.69) is 16.8 Å². The van der Waals surface area contributed by atoms with Crippen molar-refractivity contribution in [1.82, 2.24) is 4.90 Å². The molecule has 1 fully saturated rings. The van der Waals surface area contributed by atoms with Gasteiger partial charge in [-0.15, -0.1) is 0 Å². The van der Waals surface area contributed by atoms with Crippen LogP contribution in [-0.2, 0) is 0 Å². The third-order valence-electron chi connectivity index (χ3n) is 4.56. The number of piperazine rings is 1. The maximum atomic E-state index is 12.3. The lowest BCUT2D eigenvalue weighted by Gasteiger charge is -2.34. The Morgan fingerprint density at radius 3 is 2.20 bits per heavy atom. The molecule has 4 nitrogen and oxygen atoms in total. The lowest BCUT2D eigenvalue weighted by atomic mass is 10.1. The smallest absolute Gasteiger partial charge is 0.185 e. The molecule has 2 aromatic rings. The van der Waals surface area contributed by atoms with Gasteiger partial charge in [-0.2, -0.15) is 0 Å². The van der Waals surface area contributed by atoms with Crippen molar-refractivity contribution >= 4 is 17.5 Å². The molecule has 0 atom stereocenters. The molecule has 0 spiro atoms. The first-order chi connectivity index (χ1) is 12.2. The van der Waals surface area contributed by atoms with Gasteiger partial charge in [-0.1, -0.05) is 18.2 Å². The van der Waals surface area contributed by atoms with E-state index in [4.69, 9.17) is 4.74 Å².